The van der Waals surface area contributed by atoms with E-state index in [4.69, 9.17) is 9.52 Å². The van der Waals surface area contributed by atoms with Crippen LogP contribution >= 0.6 is 15.9 Å². The summed E-state index contributed by atoms with van der Waals surface area (Å²) in [6.45, 7) is 0.490. The zero-order valence-corrected chi connectivity index (χ0v) is 13.7. The molecule has 1 aliphatic heterocycles. The number of rotatable bonds is 3. The van der Waals surface area contributed by atoms with Crippen LogP contribution in [0, 0.1) is 5.92 Å². The lowest BCUT2D eigenvalue weighted by Crippen LogP contribution is -2.46. The van der Waals surface area contributed by atoms with Crippen molar-refractivity contribution >= 4 is 31.9 Å². The fraction of sp³-hybridized carbons (Fsp3) is 0.615. The summed E-state index contributed by atoms with van der Waals surface area (Å²) in [5.74, 6) is -1.23. The predicted octanol–water partition coefficient (Wildman–Crippen LogP) is 2.69. The van der Waals surface area contributed by atoms with E-state index in [1.54, 1.807) is 0 Å². The Balaban J connectivity index is 1.98. The fourth-order valence-electron chi connectivity index (χ4n) is 3.47. The number of aromatic carboxylic acids is 1. The summed E-state index contributed by atoms with van der Waals surface area (Å²) in [6.07, 6.45) is 4.92. The molecule has 0 unspecified atom stereocenters. The lowest BCUT2D eigenvalue weighted by atomic mass is 9.94. The molecule has 1 N–H and O–H groups in total. The fourth-order valence-corrected chi connectivity index (χ4v) is 6.13. The molecule has 1 aromatic heterocycles. The molecular formula is C13H16BrNO5S. The lowest BCUT2D eigenvalue weighted by molar-refractivity contribution is 0.0661. The Bertz CT molecular complexity index is 668. The molecule has 8 heteroatoms. The molecule has 0 aromatic carbocycles. The average molecular weight is 378 g/mol. The maximum atomic E-state index is 12.8. The van der Waals surface area contributed by atoms with E-state index in [2.05, 4.69) is 15.9 Å². The summed E-state index contributed by atoms with van der Waals surface area (Å²) >= 11 is 3.02. The molecule has 2 aliphatic rings. The van der Waals surface area contributed by atoms with E-state index in [-0.39, 0.29) is 21.4 Å². The third kappa shape index (κ3) is 2.53. The second-order valence-electron chi connectivity index (χ2n) is 5.57. The van der Waals surface area contributed by atoms with E-state index in [0.717, 1.165) is 38.2 Å². The summed E-state index contributed by atoms with van der Waals surface area (Å²) in [4.78, 5) is 10.8. The quantitative estimate of drug-likeness (QED) is 0.874. The highest BCUT2D eigenvalue weighted by molar-refractivity contribution is 9.10. The van der Waals surface area contributed by atoms with Gasteiger partial charge in [-0.25, -0.2) is 13.2 Å². The molecule has 1 aromatic rings. The molecule has 1 aliphatic carbocycles. The number of furan rings is 1. The number of carboxylic acids is 1. The Morgan fingerprint density at radius 1 is 1.33 bits per heavy atom. The molecule has 2 atom stereocenters. The minimum absolute atomic E-state index is 0.0406. The first-order valence-electron chi connectivity index (χ1n) is 6.95. The molecule has 2 heterocycles. The summed E-state index contributed by atoms with van der Waals surface area (Å²) in [6, 6.07) is 1.12. The monoisotopic (exact) mass is 377 g/mol. The Labute approximate surface area is 131 Å². The number of hydrogen-bond acceptors (Lipinski definition) is 4. The maximum Gasteiger partial charge on any atom is 0.371 e. The zero-order chi connectivity index (χ0) is 15.2. The molecule has 21 heavy (non-hydrogen) atoms. The van der Waals surface area contributed by atoms with Gasteiger partial charge in [0.15, 0.2) is 4.67 Å². The first kappa shape index (κ1) is 15.1. The van der Waals surface area contributed by atoms with Crippen molar-refractivity contribution < 1.29 is 22.7 Å². The largest absolute Gasteiger partial charge is 0.475 e. The molecule has 0 radical (unpaired) electrons. The van der Waals surface area contributed by atoms with Crippen LogP contribution in [0.3, 0.4) is 0 Å². The SMILES string of the molecule is O=C(O)c1cc(S(=O)(=O)N2CCC[C@H]3CCC[C@H]32)c(Br)o1. The van der Waals surface area contributed by atoms with Gasteiger partial charge in [-0.15, -0.1) is 0 Å². The first-order chi connectivity index (χ1) is 9.91. The predicted molar refractivity (Wildman–Crippen MR) is 77.6 cm³/mol. The van der Waals surface area contributed by atoms with E-state index in [1.165, 1.54) is 4.31 Å². The molecule has 0 amide bonds. The third-order valence-corrected chi connectivity index (χ3v) is 7.18. The van der Waals surface area contributed by atoms with Crippen LogP contribution in [0.1, 0.15) is 42.7 Å². The van der Waals surface area contributed by atoms with Gasteiger partial charge in [-0.2, -0.15) is 4.31 Å². The van der Waals surface area contributed by atoms with Gasteiger partial charge in [-0.1, -0.05) is 6.42 Å². The molecule has 116 valence electrons. The maximum absolute atomic E-state index is 12.8. The van der Waals surface area contributed by atoms with E-state index in [0.29, 0.717) is 12.5 Å². The number of carbonyl (C=O) groups is 1. The average Bonchev–Trinajstić information content (AvgIpc) is 3.04. The molecule has 6 nitrogen and oxygen atoms in total. The highest BCUT2D eigenvalue weighted by Crippen LogP contribution is 2.40. The number of nitrogens with zero attached hydrogens (tertiary/aromatic N) is 1. The van der Waals surface area contributed by atoms with E-state index in [1.807, 2.05) is 0 Å². The van der Waals surface area contributed by atoms with Crippen molar-refractivity contribution in [1.82, 2.24) is 4.31 Å². The highest BCUT2D eigenvalue weighted by Gasteiger charge is 2.42. The second-order valence-corrected chi connectivity index (χ2v) is 8.15. The van der Waals surface area contributed by atoms with Crippen molar-refractivity contribution in [2.45, 2.75) is 43.0 Å². The third-order valence-electron chi connectivity index (χ3n) is 4.40. The van der Waals surface area contributed by atoms with Gasteiger partial charge in [0, 0.05) is 18.7 Å². The molecule has 1 saturated carbocycles. The Morgan fingerprint density at radius 2 is 2.05 bits per heavy atom. The smallest absolute Gasteiger partial charge is 0.371 e. The minimum Gasteiger partial charge on any atom is -0.475 e. The normalized spacial score (nSPS) is 26.7. The van der Waals surface area contributed by atoms with Gasteiger partial charge in [0.05, 0.1) is 0 Å². The first-order valence-corrected chi connectivity index (χ1v) is 9.19. The Morgan fingerprint density at radius 3 is 2.71 bits per heavy atom. The van der Waals surface area contributed by atoms with Crippen molar-refractivity contribution in [1.29, 1.82) is 0 Å². The zero-order valence-electron chi connectivity index (χ0n) is 11.3. The number of fused-ring (bicyclic) bond motifs is 1. The standard InChI is InChI=1S/C13H16BrNO5S/c14-12-11(7-10(20-12)13(16)17)21(18,19)15-6-2-4-8-3-1-5-9(8)15/h7-9H,1-6H2,(H,16,17)/t8-,9-/m1/s1. The van der Waals surface area contributed by atoms with E-state index in [9.17, 15) is 13.2 Å². The van der Waals surface area contributed by atoms with Crippen LogP contribution in [0.15, 0.2) is 20.0 Å². The number of piperidine rings is 1. The number of carboxylic acid groups (broad SMARTS) is 1. The van der Waals surface area contributed by atoms with Gasteiger partial charge < -0.3 is 9.52 Å². The van der Waals surface area contributed by atoms with Crippen LogP contribution in [0.5, 0.6) is 0 Å². The minimum atomic E-state index is -3.73. The molecule has 1 saturated heterocycles. The van der Waals surface area contributed by atoms with Crippen LogP contribution in [0.2, 0.25) is 0 Å². The molecule has 2 fully saturated rings. The van der Waals surface area contributed by atoms with Crippen molar-refractivity contribution in [2.24, 2.45) is 5.92 Å². The number of halogens is 1. The van der Waals surface area contributed by atoms with Gasteiger partial charge in [-0.05, 0) is 47.5 Å². The summed E-state index contributed by atoms with van der Waals surface area (Å²) in [5.41, 5.74) is 0. The van der Waals surface area contributed by atoms with Crippen LogP contribution in [-0.2, 0) is 10.0 Å². The van der Waals surface area contributed by atoms with Gasteiger partial charge in [0.25, 0.3) is 0 Å². The van der Waals surface area contributed by atoms with Crippen molar-refractivity contribution in [3.8, 4) is 0 Å². The summed E-state index contributed by atoms with van der Waals surface area (Å²) < 4.78 is 32.1. The Hall–Kier alpha value is -0.860. The lowest BCUT2D eigenvalue weighted by Gasteiger charge is -2.36. The van der Waals surface area contributed by atoms with Crippen molar-refractivity contribution in [3.05, 3.63) is 16.5 Å². The van der Waals surface area contributed by atoms with E-state index < -0.39 is 16.0 Å². The van der Waals surface area contributed by atoms with E-state index >= 15 is 0 Å². The Kier molecular flexibility index (Phi) is 3.87. The van der Waals surface area contributed by atoms with Crippen molar-refractivity contribution in [2.75, 3.05) is 6.54 Å². The van der Waals surface area contributed by atoms with Crippen molar-refractivity contribution in [3.63, 3.8) is 0 Å². The van der Waals surface area contributed by atoms with Gasteiger partial charge in [-0.3, -0.25) is 0 Å². The molecule has 3 rings (SSSR count). The molecule has 0 spiro atoms. The topological polar surface area (TPSA) is 87.8 Å². The van der Waals surface area contributed by atoms with Gasteiger partial charge >= 0.3 is 5.97 Å². The number of hydrogen-bond donors (Lipinski definition) is 1. The molecule has 0 bridgehead atoms. The van der Waals surface area contributed by atoms with Crippen LogP contribution in [0.4, 0.5) is 0 Å². The molecular weight excluding hydrogens is 362 g/mol. The highest BCUT2D eigenvalue weighted by atomic mass is 79.9. The van der Waals surface area contributed by atoms with Gasteiger partial charge in [0.1, 0.15) is 4.90 Å². The van der Waals surface area contributed by atoms with Crippen LogP contribution < -0.4 is 0 Å². The van der Waals surface area contributed by atoms with Crippen LogP contribution in [-0.4, -0.2) is 36.4 Å². The second kappa shape index (κ2) is 5.40. The van der Waals surface area contributed by atoms with Gasteiger partial charge in [0.2, 0.25) is 15.8 Å². The van der Waals surface area contributed by atoms with Crippen LogP contribution in [0.25, 0.3) is 0 Å². The summed E-state index contributed by atoms with van der Waals surface area (Å²) in [5, 5.41) is 8.93. The summed E-state index contributed by atoms with van der Waals surface area (Å²) in [7, 11) is -3.73. The number of sulfonamides is 1.